The van der Waals surface area contributed by atoms with Gasteiger partial charge in [-0.05, 0) is 42.7 Å². The summed E-state index contributed by atoms with van der Waals surface area (Å²) < 4.78 is 5.92. The van der Waals surface area contributed by atoms with Crippen LogP contribution in [0.2, 0.25) is 0 Å². The Hall–Kier alpha value is -2.63. The van der Waals surface area contributed by atoms with Crippen molar-refractivity contribution < 1.29 is 9.53 Å². The standard InChI is InChI=1S/C22H25N3O2/c1-27-22(16-17-5-3-2-4-6-17)10-13-25(14-11-22)24-21(26)19-7-8-20-18(15-19)9-12-23-20/h2-9,12,15,23H,10-11,13-14,16H2,1H3,(H,24,26). The van der Waals surface area contributed by atoms with Crippen LogP contribution in [0.3, 0.4) is 0 Å². The van der Waals surface area contributed by atoms with Crippen molar-refractivity contribution in [3.8, 4) is 0 Å². The van der Waals surface area contributed by atoms with Crippen LogP contribution in [-0.2, 0) is 11.2 Å². The van der Waals surface area contributed by atoms with Crippen LogP contribution in [-0.4, -0.2) is 41.7 Å². The molecule has 3 aromatic rings. The zero-order valence-electron chi connectivity index (χ0n) is 15.6. The predicted molar refractivity (Wildman–Crippen MR) is 106 cm³/mol. The molecular weight excluding hydrogens is 338 g/mol. The number of carbonyl (C=O) groups is 1. The van der Waals surface area contributed by atoms with Crippen LogP contribution in [0.25, 0.3) is 10.9 Å². The molecule has 5 heteroatoms. The zero-order chi connectivity index (χ0) is 18.7. The lowest BCUT2D eigenvalue weighted by molar-refractivity contribution is -0.0633. The zero-order valence-corrected chi connectivity index (χ0v) is 15.6. The Labute approximate surface area is 159 Å². The summed E-state index contributed by atoms with van der Waals surface area (Å²) in [6.45, 7) is 1.55. The van der Waals surface area contributed by atoms with Gasteiger partial charge in [-0.25, -0.2) is 5.01 Å². The summed E-state index contributed by atoms with van der Waals surface area (Å²) >= 11 is 0. The van der Waals surface area contributed by atoms with Crippen LogP contribution in [0.4, 0.5) is 0 Å². The van der Waals surface area contributed by atoms with Gasteiger partial charge < -0.3 is 9.72 Å². The SMILES string of the molecule is COC1(Cc2ccccc2)CCN(NC(=O)c2ccc3[nH]ccc3c2)CC1. The second kappa shape index (κ2) is 7.55. The molecule has 0 spiro atoms. The number of hydrogen-bond acceptors (Lipinski definition) is 3. The fraction of sp³-hybridized carbons (Fsp3) is 0.318. The molecule has 140 valence electrons. The molecule has 1 aliphatic heterocycles. The summed E-state index contributed by atoms with van der Waals surface area (Å²) in [5, 5.41) is 3.05. The van der Waals surface area contributed by atoms with Crippen LogP contribution in [0.5, 0.6) is 0 Å². The predicted octanol–water partition coefficient (Wildman–Crippen LogP) is 3.54. The van der Waals surface area contributed by atoms with Gasteiger partial charge in [0.25, 0.3) is 5.91 Å². The number of benzene rings is 2. The smallest absolute Gasteiger partial charge is 0.265 e. The van der Waals surface area contributed by atoms with Gasteiger partial charge in [-0.15, -0.1) is 0 Å². The van der Waals surface area contributed by atoms with Crippen molar-refractivity contribution in [2.45, 2.75) is 24.9 Å². The maximum absolute atomic E-state index is 12.6. The van der Waals surface area contributed by atoms with Gasteiger partial charge in [0.1, 0.15) is 0 Å². The van der Waals surface area contributed by atoms with E-state index < -0.39 is 0 Å². The number of carbonyl (C=O) groups excluding carboxylic acids is 1. The Morgan fingerprint density at radius 1 is 1.15 bits per heavy atom. The number of nitrogens with zero attached hydrogens (tertiary/aromatic N) is 1. The molecule has 1 fully saturated rings. The Morgan fingerprint density at radius 3 is 2.67 bits per heavy atom. The van der Waals surface area contributed by atoms with Gasteiger partial charge in [-0.3, -0.25) is 10.2 Å². The summed E-state index contributed by atoms with van der Waals surface area (Å²) in [4.78, 5) is 15.8. The fourth-order valence-corrected chi connectivity index (χ4v) is 3.85. The van der Waals surface area contributed by atoms with Crippen molar-refractivity contribution >= 4 is 16.8 Å². The van der Waals surface area contributed by atoms with Crippen molar-refractivity contribution in [2.75, 3.05) is 20.2 Å². The van der Waals surface area contributed by atoms with E-state index in [1.807, 2.05) is 41.5 Å². The van der Waals surface area contributed by atoms with Gasteiger partial charge in [-0.2, -0.15) is 0 Å². The Bertz CT molecular complexity index is 911. The molecule has 5 nitrogen and oxygen atoms in total. The number of H-pyrrole nitrogens is 1. The molecule has 1 saturated heterocycles. The number of fused-ring (bicyclic) bond motifs is 1. The van der Waals surface area contributed by atoms with E-state index in [0.717, 1.165) is 43.3 Å². The lowest BCUT2D eigenvalue weighted by atomic mass is 9.85. The normalized spacial score (nSPS) is 17.1. The minimum absolute atomic E-state index is 0.0638. The summed E-state index contributed by atoms with van der Waals surface area (Å²) in [6.07, 6.45) is 4.55. The van der Waals surface area contributed by atoms with Gasteiger partial charge in [0.05, 0.1) is 5.60 Å². The van der Waals surface area contributed by atoms with Crippen LogP contribution < -0.4 is 5.43 Å². The molecule has 4 rings (SSSR count). The number of amides is 1. The van der Waals surface area contributed by atoms with Crippen molar-refractivity contribution in [3.63, 3.8) is 0 Å². The molecular formula is C22H25N3O2. The molecule has 0 unspecified atom stereocenters. The minimum Gasteiger partial charge on any atom is -0.378 e. The number of rotatable bonds is 5. The van der Waals surface area contributed by atoms with Crippen molar-refractivity contribution in [3.05, 3.63) is 71.9 Å². The van der Waals surface area contributed by atoms with E-state index >= 15 is 0 Å². The molecule has 2 heterocycles. The number of hydrogen-bond donors (Lipinski definition) is 2. The molecule has 27 heavy (non-hydrogen) atoms. The molecule has 0 atom stereocenters. The van der Waals surface area contributed by atoms with E-state index in [1.165, 1.54) is 5.56 Å². The topological polar surface area (TPSA) is 57.4 Å². The van der Waals surface area contributed by atoms with E-state index in [9.17, 15) is 4.79 Å². The number of ether oxygens (including phenoxy) is 1. The highest BCUT2D eigenvalue weighted by Gasteiger charge is 2.35. The number of piperidine rings is 1. The number of aromatic amines is 1. The lowest BCUT2D eigenvalue weighted by Crippen LogP contribution is -2.53. The lowest BCUT2D eigenvalue weighted by Gasteiger charge is -2.41. The average Bonchev–Trinajstić information content (AvgIpc) is 3.18. The highest BCUT2D eigenvalue weighted by atomic mass is 16.5. The second-order valence-corrected chi connectivity index (χ2v) is 7.26. The van der Waals surface area contributed by atoms with Gasteiger partial charge in [-0.1, -0.05) is 30.3 Å². The quantitative estimate of drug-likeness (QED) is 0.729. The highest BCUT2D eigenvalue weighted by Crippen LogP contribution is 2.29. The van der Waals surface area contributed by atoms with Crippen LogP contribution >= 0.6 is 0 Å². The largest absolute Gasteiger partial charge is 0.378 e. The third-order valence-electron chi connectivity index (χ3n) is 5.55. The Morgan fingerprint density at radius 2 is 1.93 bits per heavy atom. The van der Waals surface area contributed by atoms with E-state index in [4.69, 9.17) is 4.74 Å². The first-order chi connectivity index (χ1) is 13.2. The van der Waals surface area contributed by atoms with Crippen molar-refractivity contribution in [1.29, 1.82) is 0 Å². The van der Waals surface area contributed by atoms with Crippen LogP contribution in [0, 0.1) is 0 Å². The molecule has 0 saturated carbocycles. The maximum Gasteiger partial charge on any atom is 0.265 e. The van der Waals surface area contributed by atoms with E-state index in [2.05, 4.69) is 34.7 Å². The van der Waals surface area contributed by atoms with Crippen molar-refractivity contribution in [2.24, 2.45) is 0 Å². The minimum atomic E-state index is -0.160. The first kappa shape index (κ1) is 17.8. The Kier molecular flexibility index (Phi) is 4.97. The summed E-state index contributed by atoms with van der Waals surface area (Å²) in [6, 6.07) is 18.1. The average molecular weight is 363 g/mol. The highest BCUT2D eigenvalue weighted by molar-refractivity contribution is 5.97. The molecule has 0 bridgehead atoms. The molecule has 0 aliphatic carbocycles. The Balaban J connectivity index is 1.37. The number of methoxy groups -OCH3 is 1. The third-order valence-corrected chi connectivity index (χ3v) is 5.55. The van der Waals surface area contributed by atoms with E-state index in [-0.39, 0.29) is 11.5 Å². The number of aromatic nitrogens is 1. The number of hydrazine groups is 1. The van der Waals surface area contributed by atoms with Crippen LogP contribution in [0.15, 0.2) is 60.8 Å². The molecule has 0 radical (unpaired) electrons. The monoisotopic (exact) mass is 363 g/mol. The first-order valence-corrected chi connectivity index (χ1v) is 9.40. The second-order valence-electron chi connectivity index (χ2n) is 7.26. The fourth-order valence-electron chi connectivity index (χ4n) is 3.85. The first-order valence-electron chi connectivity index (χ1n) is 9.40. The van der Waals surface area contributed by atoms with E-state index in [0.29, 0.717) is 5.56 Å². The summed E-state index contributed by atoms with van der Waals surface area (Å²) in [5.74, 6) is -0.0638. The molecule has 1 aliphatic rings. The summed E-state index contributed by atoms with van der Waals surface area (Å²) in [5.41, 5.74) is 5.89. The third kappa shape index (κ3) is 3.89. The van der Waals surface area contributed by atoms with E-state index in [1.54, 1.807) is 7.11 Å². The summed E-state index contributed by atoms with van der Waals surface area (Å²) in [7, 11) is 1.79. The van der Waals surface area contributed by atoms with Gasteiger partial charge in [0, 0.05) is 49.3 Å². The van der Waals surface area contributed by atoms with Gasteiger partial charge in [0.15, 0.2) is 0 Å². The molecule has 1 aromatic heterocycles. The van der Waals surface area contributed by atoms with Crippen LogP contribution in [0.1, 0.15) is 28.8 Å². The van der Waals surface area contributed by atoms with Crippen molar-refractivity contribution in [1.82, 2.24) is 15.4 Å². The van der Waals surface area contributed by atoms with Gasteiger partial charge in [0.2, 0.25) is 0 Å². The van der Waals surface area contributed by atoms with Gasteiger partial charge >= 0.3 is 0 Å². The maximum atomic E-state index is 12.6. The molecule has 2 aromatic carbocycles. The molecule has 2 N–H and O–H groups in total. The number of nitrogens with one attached hydrogen (secondary N) is 2. The molecule has 1 amide bonds.